The molecular formula is C24H26O6. The lowest BCUT2D eigenvalue weighted by molar-refractivity contribution is 0.367. The Morgan fingerprint density at radius 1 is 0.500 bits per heavy atom. The first-order valence-electron chi connectivity index (χ1n) is 9.38. The van der Waals surface area contributed by atoms with Gasteiger partial charge in [-0.3, -0.25) is 0 Å². The first-order chi connectivity index (χ1) is 14.6. The van der Waals surface area contributed by atoms with E-state index in [1.807, 2.05) is 36.4 Å². The van der Waals surface area contributed by atoms with Gasteiger partial charge in [-0.1, -0.05) is 18.2 Å². The molecule has 0 aliphatic heterocycles. The summed E-state index contributed by atoms with van der Waals surface area (Å²) in [4.78, 5) is 0. The van der Waals surface area contributed by atoms with Crippen LogP contribution in [0.25, 0.3) is 0 Å². The minimum absolute atomic E-state index is 0.0697. The van der Waals surface area contributed by atoms with E-state index in [1.165, 1.54) is 0 Å². The number of phenols is 1. The van der Waals surface area contributed by atoms with Gasteiger partial charge in [-0.2, -0.15) is 0 Å². The zero-order valence-electron chi connectivity index (χ0n) is 17.8. The molecule has 0 radical (unpaired) electrons. The first-order valence-corrected chi connectivity index (χ1v) is 9.38. The molecule has 0 bridgehead atoms. The Balaban J connectivity index is 2.49. The molecule has 3 rings (SSSR count). The molecule has 3 aromatic rings. The van der Waals surface area contributed by atoms with Crippen LogP contribution in [0.1, 0.15) is 22.6 Å². The molecule has 0 aromatic heterocycles. The summed E-state index contributed by atoms with van der Waals surface area (Å²) in [5, 5.41) is 10.9. The fourth-order valence-electron chi connectivity index (χ4n) is 3.76. The summed E-state index contributed by atoms with van der Waals surface area (Å²) in [6, 6.07) is 16.2. The van der Waals surface area contributed by atoms with E-state index in [0.29, 0.717) is 45.4 Å². The number of ether oxygens (including phenoxy) is 5. The quantitative estimate of drug-likeness (QED) is 0.547. The van der Waals surface area contributed by atoms with Crippen molar-refractivity contribution in [2.45, 2.75) is 5.92 Å². The number of benzene rings is 3. The highest BCUT2D eigenvalue weighted by Crippen LogP contribution is 2.52. The third-order valence-electron chi connectivity index (χ3n) is 5.06. The van der Waals surface area contributed by atoms with Gasteiger partial charge in [0.05, 0.1) is 41.5 Å². The predicted molar refractivity (Wildman–Crippen MR) is 115 cm³/mol. The molecule has 0 fully saturated rings. The van der Waals surface area contributed by atoms with Crippen molar-refractivity contribution in [3.05, 3.63) is 71.3 Å². The highest BCUT2D eigenvalue weighted by atomic mass is 16.5. The van der Waals surface area contributed by atoms with E-state index in [4.69, 9.17) is 23.7 Å². The summed E-state index contributed by atoms with van der Waals surface area (Å²) in [5.41, 5.74) is 1.97. The molecule has 0 atom stereocenters. The second-order valence-corrected chi connectivity index (χ2v) is 6.48. The van der Waals surface area contributed by atoms with E-state index in [-0.39, 0.29) is 5.75 Å². The number of methoxy groups -OCH3 is 5. The topological polar surface area (TPSA) is 66.4 Å². The minimum Gasteiger partial charge on any atom is -0.507 e. The minimum atomic E-state index is -0.571. The maximum Gasteiger partial charge on any atom is 0.126 e. The van der Waals surface area contributed by atoms with Crippen LogP contribution in [0.15, 0.2) is 54.6 Å². The van der Waals surface area contributed by atoms with E-state index in [9.17, 15) is 5.11 Å². The molecule has 6 heteroatoms. The van der Waals surface area contributed by atoms with Crippen molar-refractivity contribution >= 4 is 0 Å². The summed E-state index contributed by atoms with van der Waals surface area (Å²) in [5.74, 6) is 2.39. The van der Waals surface area contributed by atoms with E-state index < -0.39 is 5.92 Å². The van der Waals surface area contributed by atoms with E-state index in [0.717, 1.165) is 0 Å². The SMILES string of the molecule is COc1cccc(O)c1C(c1c(OC)cccc1OC)c1c(OC)cccc1OC. The van der Waals surface area contributed by atoms with Crippen LogP contribution in [0.4, 0.5) is 0 Å². The lowest BCUT2D eigenvalue weighted by Gasteiger charge is -2.27. The molecule has 0 amide bonds. The third kappa shape index (κ3) is 3.68. The van der Waals surface area contributed by atoms with Gasteiger partial charge in [0, 0.05) is 16.7 Å². The van der Waals surface area contributed by atoms with Gasteiger partial charge in [0.1, 0.15) is 34.5 Å². The molecule has 6 nitrogen and oxygen atoms in total. The molecule has 30 heavy (non-hydrogen) atoms. The zero-order valence-corrected chi connectivity index (χ0v) is 17.8. The molecule has 0 heterocycles. The lowest BCUT2D eigenvalue weighted by Crippen LogP contribution is -2.12. The van der Waals surface area contributed by atoms with Crippen molar-refractivity contribution in [1.29, 1.82) is 0 Å². The number of hydrogen-bond acceptors (Lipinski definition) is 6. The Labute approximate surface area is 176 Å². The maximum absolute atomic E-state index is 10.9. The fourth-order valence-corrected chi connectivity index (χ4v) is 3.76. The molecule has 0 saturated heterocycles. The van der Waals surface area contributed by atoms with Gasteiger partial charge in [-0.25, -0.2) is 0 Å². The van der Waals surface area contributed by atoms with Gasteiger partial charge in [0.25, 0.3) is 0 Å². The first kappa shape index (κ1) is 21.2. The van der Waals surface area contributed by atoms with Crippen LogP contribution in [0, 0.1) is 0 Å². The maximum atomic E-state index is 10.9. The van der Waals surface area contributed by atoms with Gasteiger partial charge < -0.3 is 28.8 Å². The number of rotatable bonds is 8. The second kappa shape index (κ2) is 9.31. The largest absolute Gasteiger partial charge is 0.507 e. The lowest BCUT2D eigenvalue weighted by atomic mass is 9.82. The Morgan fingerprint density at radius 3 is 1.13 bits per heavy atom. The van der Waals surface area contributed by atoms with Gasteiger partial charge in [-0.05, 0) is 36.4 Å². The van der Waals surface area contributed by atoms with E-state index >= 15 is 0 Å². The predicted octanol–water partition coefficient (Wildman–Crippen LogP) is 4.62. The highest BCUT2D eigenvalue weighted by Gasteiger charge is 2.34. The number of phenolic OH excluding ortho intramolecular Hbond substituents is 1. The zero-order chi connectivity index (χ0) is 21.7. The average Bonchev–Trinajstić information content (AvgIpc) is 2.79. The molecule has 0 aliphatic rings. The summed E-state index contributed by atoms with van der Waals surface area (Å²) in [7, 11) is 7.94. The van der Waals surface area contributed by atoms with Crippen molar-refractivity contribution in [3.8, 4) is 34.5 Å². The van der Waals surface area contributed by atoms with Gasteiger partial charge >= 0.3 is 0 Å². The third-order valence-corrected chi connectivity index (χ3v) is 5.06. The summed E-state index contributed by atoms with van der Waals surface area (Å²) >= 11 is 0. The van der Waals surface area contributed by atoms with Crippen LogP contribution < -0.4 is 23.7 Å². The van der Waals surface area contributed by atoms with E-state index in [1.54, 1.807) is 53.7 Å². The highest BCUT2D eigenvalue weighted by molar-refractivity contribution is 5.66. The van der Waals surface area contributed by atoms with Gasteiger partial charge in [0.15, 0.2) is 0 Å². The van der Waals surface area contributed by atoms with Gasteiger partial charge in [-0.15, -0.1) is 0 Å². The molecule has 1 N–H and O–H groups in total. The van der Waals surface area contributed by atoms with Crippen LogP contribution >= 0.6 is 0 Å². The fraction of sp³-hybridized carbons (Fsp3) is 0.250. The van der Waals surface area contributed by atoms with Gasteiger partial charge in [0.2, 0.25) is 0 Å². The normalized spacial score (nSPS) is 10.6. The van der Waals surface area contributed by atoms with Crippen LogP contribution in [0.3, 0.4) is 0 Å². The van der Waals surface area contributed by atoms with Crippen molar-refractivity contribution in [2.75, 3.05) is 35.5 Å². The Bertz CT molecular complexity index is 915. The summed E-state index contributed by atoms with van der Waals surface area (Å²) in [6.07, 6.45) is 0. The molecule has 158 valence electrons. The van der Waals surface area contributed by atoms with Crippen LogP contribution in [0.5, 0.6) is 34.5 Å². The Kier molecular flexibility index (Phi) is 6.57. The van der Waals surface area contributed by atoms with Crippen molar-refractivity contribution < 1.29 is 28.8 Å². The number of hydrogen-bond donors (Lipinski definition) is 1. The van der Waals surface area contributed by atoms with Crippen LogP contribution in [-0.4, -0.2) is 40.7 Å². The molecule has 3 aromatic carbocycles. The number of aromatic hydroxyl groups is 1. The average molecular weight is 410 g/mol. The molecule has 0 aliphatic carbocycles. The molecule has 0 unspecified atom stereocenters. The molecule has 0 saturated carbocycles. The van der Waals surface area contributed by atoms with Crippen LogP contribution in [-0.2, 0) is 0 Å². The molecular weight excluding hydrogens is 384 g/mol. The summed E-state index contributed by atoms with van der Waals surface area (Å²) in [6.45, 7) is 0. The van der Waals surface area contributed by atoms with E-state index in [2.05, 4.69) is 0 Å². The standard InChI is InChI=1S/C24H26O6/c1-26-16-10-6-9-15(25)21(16)24(22-17(27-2)11-7-12-18(22)28-3)23-19(29-4)13-8-14-20(23)30-5/h6-14,24-25H,1-5H3. The molecule has 0 spiro atoms. The Morgan fingerprint density at radius 2 is 0.800 bits per heavy atom. The van der Waals surface area contributed by atoms with Crippen molar-refractivity contribution in [3.63, 3.8) is 0 Å². The van der Waals surface area contributed by atoms with Crippen LogP contribution in [0.2, 0.25) is 0 Å². The van der Waals surface area contributed by atoms with Crippen molar-refractivity contribution in [2.24, 2.45) is 0 Å². The monoisotopic (exact) mass is 410 g/mol. The smallest absolute Gasteiger partial charge is 0.126 e. The Hall–Kier alpha value is -3.54. The summed E-state index contributed by atoms with van der Waals surface area (Å²) < 4.78 is 28.4. The second-order valence-electron chi connectivity index (χ2n) is 6.48. The van der Waals surface area contributed by atoms with Crippen molar-refractivity contribution in [1.82, 2.24) is 0 Å².